The lowest BCUT2D eigenvalue weighted by Crippen LogP contribution is -2.38. The van der Waals surface area contributed by atoms with Crippen molar-refractivity contribution < 1.29 is 14.3 Å². The molecule has 0 fully saturated rings. The quantitative estimate of drug-likeness (QED) is 0.404. The second-order valence-corrected chi connectivity index (χ2v) is 3.77. The molecule has 0 aliphatic rings. The van der Waals surface area contributed by atoms with E-state index in [-0.39, 0.29) is 5.97 Å². The van der Waals surface area contributed by atoms with Crippen LogP contribution < -0.4 is 0 Å². The zero-order valence-corrected chi connectivity index (χ0v) is 11.3. The molecule has 96 valence electrons. The van der Waals surface area contributed by atoms with Crippen LogP contribution in [-0.2, 0) is 14.3 Å². The standard InChI is InChI=1S/C14H22O3/c1-6-9-11-12(10-7-2)17-14(4,8-3)13(15)16-5/h6-7,9-11H,8H2,1-5H3/b9-6-,10-7-,12-11+. The van der Waals surface area contributed by atoms with Gasteiger partial charge in [0.2, 0.25) is 5.60 Å². The normalized spacial score (nSPS) is 16.2. The molecule has 0 bridgehead atoms. The Morgan fingerprint density at radius 2 is 1.94 bits per heavy atom. The highest BCUT2D eigenvalue weighted by Crippen LogP contribution is 2.21. The van der Waals surface area contributed by atoms with Gasteiger partial charge in [0.05, 0.1) is 7.11 Å². The van der Waals surface area contributed by atoms with Gasteiger partial charge in [-0.05, 0) is 39.3 Å². The highest BCUT2D eigenvalue weighted by molar-refractivity contribution is 5.79. The topological polar surface area (TPSA) is 35.5 Å². The second-order valence-electron chi connectivity index (χ2n) is 3.77. The van der Waals surface area contributed by atoms with Crippen molar-refractivity contribution in [2.24, 2.45) is 0 Å². The minimum atomic E-state index is -0.943. The van der Waals surface area contributed by atoms with Gasteiger partial charge in [0.25, 0.3) is 0 Å². The van der Waals surface area contributed by atoms with Crippen molar-refractivity contribution in [1.82, 2.24) is 0 Å². The predicted molar refractivity (Wildman–Crippen MR) is 69.5 cm³/mol. The van der Waals surface area contributed by atoms with Crippen molar-refractivity contribution in [3.63, 3.8) is 0 Å². The van der Waals surface area contributed by atoms with Crippen LogP contribution in [0, 0.1) is 0 Å². The van der Waals surface area contributed by atoms with Crippen LogP contribution in [-0.4, -0.2) is 18.7 Å². The highest BCUT2D eigenvalue weighted by Gasteiger charge is 2.35. The summed E-state index contributed by atoms with van der Waals surface area (Å²) in [7, 11) is 1.37. The third kappa shape index (κ3) is 4.89. The minimum absolute atomic E-state index is 0.365. The summed E-state index contributed by atoms with van der Waals surface area (Å²) in [5.74, 6) is 0.274. The third-order valence-corrected chi connectivity index (χ3v) is 2.42. The van der Waals surface area contributed by atoms with Gasteiger partial charge >= 0.3 is 5.97 Å². The number of esters is 1. The fourth-order valence-electron chi connectivity index (χ4n) is 1.21. The van der Waals surface area contributed by atoms with Gasteiger partial charge in [0, 0.05) is 0 Å². The average Bonchev–Trinajstić information content (AvgIpc) is 2.34. The molecule has 0 aliphatic carbocycles. The lowest BCUT2D eigenvalue weighted by atomic mass is 10.0. The zero-order valence-electron chi connectivity index (χ0n) is 11.3. The largest absolute Gasteiger partial charge is 0.476 e. The summed E-state index contributed by atoms with van der Waals surface area (Å²) in [6.07, 6.45) is 9.80. The molecule has 1 unspecified atom stereocenters. The van der Waals surface area contributed by atoms with E-state index in [0.29, 0.717) is 12.2 Å². The summed E-state index contributed by atoms with van der Waals surface area (Å²) in [6, 6.07) is 0. The summed E-state index contributed by atoms with van der Waals surface area (Å²) >= 11 is 0. The molecule has 0 heterocycles. The van der Waals surface area contributed by atoms with Crippen LogP contribution in [0.4, 0.5) is 0 Å². The Balaban J connectivity index is 5.00. The maximum absolute atomic E-state index is 11.7. The molecule has 0 N–H and O–H groups in total. The van der Waals surface area contributed by atoms with E-state index in [0.717, 1.165) is 0 Å². The molecule has 3 nitrogen and oxygen atoms in total. The van der Waals surface area contributed by atoms with Crippen LogP contribution in [0.15, 0.2) is 36.1 Å². The number of carbonyl (C=O) groups is 1. The van der Waals surface area contributed by atoms with Crippen molar-refractivity contribution in [1.29, 1.82) is 0 Å². The van der Waals surface area contributed by atoms with E-state index in [1.54, 1.807) is 6.92 Å². The van der Waals surface area contributed by atoms with Crippen molar-refractivity contribution >= 4 is 5.97 Å². The first-order valence-electron chi connectivity index (χ1n) is 5.77. The first-order chi connectivity index (χ1) is 8.03. The molecule has 0 amide bonds. The van der Waals surface area contributed by atoms with Crippen LogP contribution in [0.25, 0.3) is 0 Å². The lowest BCUT2D eigenvalue weighted by molar-refractivity contribution is -0.162. The summed E-state index contributed by atoms with van der Waals surface area (Å²) < 4.78 is 10.5. The van der Waals surface area contributed by atoms with E-state index in [1.165, 1.54) is 7.11 Å². The molecule has 0 rings (SSSR count). The summed E-state index contributed by atoms with van der Waals surface area (Å²) in [4.78, 5) is 11.7. The van der Waals surface area contributed by atoms with Gasteiger partial charge in [0.15, 0.2) is 0 Å². The number of rotatable bonds is 6. The molecule has 0 aromatic heterocycles. The van der Waals surface area contributed by atoms with Gasteiger partial charge in [-0.3, -0.25) is 0 Å². The Morgan fingerprint density at radius 3 is 2.35 bits per heavy atom. The molecule has 0 aromatic carbocycles. The maximum Gasteiger partial charge on any atom is 0.349 e. The summed E-state index contributed by atoms with van der Waals surface area (Å²) in [5.41, 5.74) is -0.943. The van der Waals surface area contributed by atoms with E-state index in [9.17, 15) is 4.79 Å². The SMILES string of the molecule is C\C=C/C=C(\C=C/C)OC(C)(CC)C(=O)OC. The maximum atomic E-state index is 11.7. The van der Waals surface area contributed by atoms with Crippen LogP contribution in [0.1, 0.15) is 34.1 Å². The predicted octanol–water partition coefficient (Wildman–Crippen LogP) is 3.38. The summed E-state index contributed by atoms with van der Waals surface area (Å²) in [5, 5.41) is 0. The Hall–Kier alpha value is -1.51. The second kappa shape index (κ2) is 7.71. The molecular formula is C14H22O3. The van der Waals surface area contributed by atoms with E-state index in [1.807, 2.05) is 51.2 Å². The Kier molecular flexibility index (Phi) is 7.03. The van der Waals surface area contributed by atoms with Crippen molar-refractivity contribution in [3.8, 4) is 0 Å². The van der Waals surface area contributed by atoms with Gasteiger partial charge in [-0.25, -0.2) is 4.79 Å². The van der Waals surface area contributed by atoms with Crippen LogP contribution >= 0.6 is 0 Å². The monoisotopic (exact) mass is 238 g/mol. The van der Waals surface area contributed by atoms with Crippen LogP contribution in [0.2, 0.25) is 0 Å². The number of hydrogen-bond donors (Lipinski definition) is 0. The molecule has 1 atom stereocenters. The molecule has 0 aliphatic heterocycles. The van der Waals surface area contributed by atoms with E-state index >= 15 is 0 Å². The Bertz CT molecular complexity index is 326. The van der Waals surface area contributed by atoms with Gasteiger partial charge in [0.1, 0.15) is 5.76 Å². The van der Waals surface area contributed by atoms with E-state index < -0.39 is 5.60 Å². The number of carbonyl (C=O) groups excluding carboxylic acids is 1. The van der Waals surface area contributed by atoms with Crippen molar-refractivity contribution in [2.75, 3.05) is 7.11 Å². The number of methoxy groups -OCH3 is 1. The van der Waals surface area contributed by atoms with Crippen molar-refractivity contribution in [3.05, 3.63) is 36.1 Å². The number of allylic oxidation sites excluding steroid dienone is 5. The average molecular weight is 238 g/mol. The highest BCUT2D eigenvalue weighted by atomic mass is 16.6. The van der Waals surface area contributed by atoms with Gasteiger partial charge < -0.3 is 9.47 Å². The zero-order chi connectivity index (χ0) is 13.3. The van der Waals surface area contributed by atoms with Gasteiger partial charge in [-0.2, -0.15) is 0 Å². The first-order valence-corrected chi connectivity index (χ1v) is 5.77. The van der Waals surface area contributed by atoms with Crippen molar-refractivity contribution in [2.45, 2.75) is 39.7 Å². The molecule has 0 saturated carbocycles. The molecule has 3 heteroatoms. The molecule has 0 spiro atoms. The Labute approximate surface area is 104 Å². The smallest absolute Gasteiger partial charge is 0.349 e. The van der Waals surface area contributed by atoms with E-state index in [2.05, 4.69) is 0 Å². The molecule has 17 heavy (non-hydrogen) atoms. The number of ether oxygens (including phenoxy) is 2. The fourth-order valence-corrected chi connectivity index (χ4v) is 1.21. The van der Waals surface area contributed by atoms with E-state index in [4.69, 9.17) is 9.47 Å². The number of hydrogen-bond acceptors (Lipinski definition) is 3. The minimum Gasteiger partial charge on any atom is -0.476 e. The summed E-state index contributed by atoms with van der Waals surface area (Å²) in [6.45, 7) is 7.43. The first kappa shape index (κ1) is 15.5. The van der Waals surface area contributed by atoms with Crippen LogP contribution in [0.5, 0.6) is 0 Å². The van der Waals surface area contributed by atoms with Gasteiger partial charge in [-0.1, -0.05) is 25.2 Å². The molecule has 0 aromatic rings. The molecular weight excluding hydrogens is 216 g/mol. The van der Waals surface area contributed by atoms with Crippen LogP contribution in [0.3, 0.4) is 0 Å². The fraction of sp³-hybridized carbons (Fsp3) is 0.500. The third-order valence-electron chi connectivity index (χ3n) is 2.42. The molecule has 0 radical (unpaired) electrons. The van der Waals surface area contributed by atoms with Gasteiger partial charge in [-0.15, -0.1) is 0 Å². The molecule has 0 saturated heterocycles. The Morgan fingerprint density at radius 1 is 1.29 bits per heavy atom. The lowest BCUT2D eigenvalue weighted by Gasteiger charge is -2.27.